The van der Waals surface area contributed by atoms with E-state index in [-0.39, 0.29) is 12.4 Å². The van der Waals surface area contributed by atoms with E-state index in [1.54, 1.807) is 0 Å². The van der Waals surface area contributed by atoms with E-state index < -0.39 is 12.1 Å². The molecule has 5 heteroatoms. The lowest BCUT2D eigenvalue weighted by molar-refractivity contribution is -0.149. The molecular weight excluding hydrogens is 170 g/mol. The lowest BCUT2D eigenvalue weighted by Gasteiger charge is -2.07. The van der Waals surface area contributed by atoms with Gasteiger partial charge in [0, 0.05) is 13.2 Å². The molecule has 0 spiro atoms. The third kappa shape index (κ3) is 3.55. The Balaban J connectivity index is 0.000001000. The molecule has 1 fully saturated rings. The van der Waals surface area contributed by atoms with Gasteiger partial charge in [0.25, 0.3) is 0 Å². The number of carboxylic acids is 1. The van der Waals surface area contributed by atoms with Gasteiger partial charge in [0.15, 0.2) is 6.10 Å². The minimum atomic E-state index is -0.880. The molecule has 0 saturated carbocycles. The van der Waals surface area contributed by atoms with E-state index in [0.29, 0.717) is 13.2 Å². The third-order valence-electron chi connectivity index (χ3n) is 1.42. The van der Waals surface area contributed by atoms with Crippen LogP contribution in [0.4, 0.5) is 0 Å². The summed E-state index contributed by atoms with van der Waals surface area (Å²) in [6, 6.07) is 0. The summed E-state index contributed by atoms with van der Waals surface area (Å²) in [5.74, 6) is -0.880. The predicted molar refractivity (Wildman–Crippen MR) is 42.1 cm³/mol. The fourth-order valence-electron chi connectivity index (χ4n) is 0.873. The number of aliphatic carboxylic acids is 1. The third-order valence-corrected chi connectivity index (χ3v) is 1.42. The summed E-state index contributed by atoms with van der Waals surface area (Å²) in [6.45, 7) is 1.82. The van der Waals surface area contributed by atoms with E-state index in [1.807, 2.05) is 0 Å². The van der Waals surface area contributed by atoms with Crippen LogP contribution in [0.1, 0.15) is 6.42 Å². The van der Waals surface area contributed by atoms with Crippen LogP contribution in [0.25, 0.3) is 0 Å². The van der Waals surface area contributed by atoms with Gasteiger partial charge in [-0.15, -0.1) is 12.4 Å². The second kappa shape index (κ2) is 5.35. The van der Waals surface area contributed by atoms with E-state index in [0.717, 1.165) is 13.0 Å². The van der Waals surface area contributed by atoms with Gasteiger partial charge in [-0.05, 0) is 13.0 Å². The lowest BCUT2D eigenvalue weighted by atomic mass is 10.3. The fourth-order valence-corrected chi connectivity index (χ4v) is 0.873. The first kappa shape index (κ1) is 10.7. The van der Waals surface area contributed by atoms with E-state index >= 15 is 0 Å². The van der Waals surface area contributed by atoms with E-state index in [1.165, 1.54) is 0 Å². The highest BCUT2D eigenvalue weighted by molar-refractivity contribution is 5.85. The summed E-state index contributed by atoms with van der Waals surface area (Å²) in [6.07, 6.45) is 0.242. The molecule has 1 aliphatic rings. The maximum absolute atomic E-state index is 10.3. The van der Waals surface area contributed by atoms with Gasteiger partial charge < -0.3 is 15.2 Å². The summed E-state index contributed by atoms with van der Waals surface area (Å²) < 4.78 is 5.00. The maximum Gasteiger partial charge on any atom is 0.334 e. The normalized spacial score (nSPS) is 24.9. The molecule has 1 rings (SSSR count). The first-order chi connectivity index (χ1) is 4.80. The zero-order valence-electron chi connectivity index (χ0n) is 6.08. The Morgan fingerprint density at radius 1 is 1.64 bits per heavy atom. The van der Waals surface area contributed by atoms with Gasteiger partial charge >= 0.3 is 5.97 Å². The molecule has 0 bridgehead atoms. The minimum Gasteiger partial charge on any atom is -0.479 e. The minimum absolute atomic E-state index is 0. The van der Waals surface area contributed by atoms with Crippen LogP contribution in [0.15, 0.2) is 0 Å². The van der Waals surface area contributed by atoms with Gasteiger partial charge in [0.05, 0.1) is 0 Å². The Hall–Kier alpha value is -0.320. The number of nitrogens with one attached hydrogen (secondary N) is 1. The van der Waals surface area contributed by atoms with E-state index in [4.69, 9.17) is 9.84 Å². The number of hydrogen-bond donors (Lipinski definition) is 2. The van der Waals surface area contributed by atoms with Gasteiger partial charge in [-0.25, -0.2) is 4.79 Å². The number of ether oxygens (including phenoxy) is 1. The highest BCUT2D eigenvalue weighted by Gasteiger charge is 2.18. The molecule has 0 radical (unpaired) electrons. The number of halogens is 1. The highest BCUT2D eigenvalue weighted by Crippen LogP contribution is 1.96. The molecule has 11 heavy (non-hydrogen) atoms. The second-order valence-electron chi connectivity index (χ2n) is 2.26. The molecule has 0 aromatic heterocycles. The highest BCUT2D eigenvalue weighted by atomic mass is 35.5. The standard InChI is InChI=1S/C6H11NO3.ClH/c8-6(9)5-4-7-2-1-3-10-5;/h5,7H,1-4H2,(H,8,9);1H. The number of rotatable bonds is 1. The summed E-state index contributed by atoms with van der Waals surface area (Å²) in [4.78, 5) is 10.3. The Labute approximate surface area is 71.3 Å². The van der Waals surface area contributed by atoms with Crippen molar-refractivity contribution in [3.8, 4) is 0 Å². The molecule has 66 valence electrons. The first-order valence-electron chi connectivity index (χ1n) is 3.36. The molecule has 1 heterocycles. The molecule has 1 atom stereocenters. The van der Waals surface area contributed by atoms with Crippen LogP contribution >= 0.6 is 12.4 Å². The first-order valence-corrected chi connectivity index (χ1v) is 3.36. The quantitative estimate of drug-likeness (QED) is 0.592. The zero-order chi connectivity index (χ0) is 7.40. The molecule has 0 aromatic rings. The molecule has 0 aliphatic carbocycles. The molecule has 2 N–H and O–H groups in total. The van der Waals surface area contributed by atoms with Crippen molar-refractivity contribution in [1.29, 1.82) is 0 Å². The average molecular weight is 182 g/mol. The van der Waals surface area contributed by atoms with Crippen molar-refractivity contribution >= 4 is 18.4 Å². The summed E-state index contributed by atoms with van der Waals surface area (Å²) in [5.41, 5.74) is 0. The summed E-state index contributed by atoms with van der Waals surface area (Å²) in [5, 5.41) is 11.5. The van der Waals surface area contributed by atoms with Crippen molar-refractivity contribution in [2.24, 2.45) is 0 Å². The fraction of sp³-hybridized carbons (Fsp3) is 0.833. The van der Waals surface area contributed by atoms with E-state index in [2.05, 4.69) is 5.32 Å². The molecule has 4 nitrogen and oxygen atoms in total. The molecule has 0 amide bonds. The zero-order valence-corrected chi connectivity index (χ0v) is 6.89. The maximum atomic E-state index is 10.3. The SMILES string of the molecule is Cl.O=C(O)C1CNCCCO1. The van der Waals surface area contributed by atoms with Gasteiger partial charge in [0.1, 0.15) is 0 Å². The van der Waals surface area contributed by atoms with Gasteiger partial charge in [-0.3, -0.25) is 0 Å². The van der Waals surface area contributed by atoms with E-state index in [9.17, 15) is 4.79 Å². The largest absolute Gasteiger partial charge is 0.479 e. The number of carbonyl (C=O) groups is 1. The van der Waals surface area contributed by atoms with Crippen LogP contribution in [0.2, 0.25) is 0 Å². The van der Waals surface area contributed by atoms with Crippen molar-refractivity contribution < 1.29 is 14.6 Å². The number of carboxylic acid groups (broad SMARTS) is 1. The average Bonchev–Trinajstić information content (AvgIpc) is 2.12. The van der Waals surface area contributed by atoms with Crippen molar-refractivity contribution in [3.05, 3.63) is 0 Å². The Bertz CT molecular complexity index is 123. The smallest absolute Gasteiger partial charge is 0.334 e. The Morgan fingerprint density at radius 3 is 3.00 bits per heavy atom. The molecule has 1 unspecified atom stereocenters. The number of hydrogen-bond acceptors (Lipinski definition) is 3. The van der Waals surface area contributed by atoms with Gasteiger partial charge in [-0.2, -0.15) is 0 Å². The summed E-state index contributed by atoms with van der Waals surface area (Å²) in [7, 11) is 0. The van der Waals surface area contributed by atoms with Crippen molar-refractivity contribution in [3.63, 3.8) is 0 Å². The van der Waals surface area contributed by atoms with Gasteiger partial charge in [-0.1, -0.05) is 0 Å². The van der Waals surface area contributed by atoms with Crippen LogP contribution in [-0.4, -0.2) is 36.9 Å². The monoisotopic (exact) mass is 181 g/mol. The summed E-state index contributed by atoms with van der Waals surface area (Å²) >= 11 is 0. The molecule has 0 aromatic carbocycles. The molecule has 1 aliphatic heterocycles. The van der Waals surface area contributed by atoms with Gasteiger partial charge in [0.2, 0.25) is 0 Å². The second-order valence-corrected chi connectivity index (χ2v) is 2.26. The van der Waals surface area contributed by atoms with Crippen LogP contribution in [0.3, 0.4) is 0 Å². The Morgan fingerprint density at radius 2 is 2.36 bits per heavy atom. The van der Waals surface area contributed by atoms with Crippen LogP contribution in [0.5, 0.6) is 0 Å². The Kier molecular flexibility index (Phi) is 5.19. The van der Waals surface area contributed by atoms with Crippen molar-refractivity contribution in [2.75, 3.05) is 19.7 Å². The lowest BCUT2D eigenvalue weighted by Crippen LogP contribution is -2.32. The molecular formula is C6H12ClNO3. The van der Waals surface area contributed by atoms with Crippen LogP contribution in [-0.2, 0) is 9.53 Å². The topological polar surface area (TPSA) is 58.6 Å². The van der Waals surface area contributed by atoms with Crippen LogP contribution in [0, 0.1) is 0 Å². The predicted octanol–water partition coefficient (Wildman–Crippen LogP) is -0.129. The van der Waals surface area contributed by atoms with Crippen molar-refractivity contribution in [2.45, 2.75) is 12.5 Å². The van der Waals surface area contributed by atoms with Crippen LogP contribution < -0.4 is 5.32 Å². The molecule has 1 saturated heterocycles. The van der Waals surface area contributed by atoms with Crippen molar-refractivity contribution in [1.82, 2.24) is 5.32 Å².